The SMILES string of the molecule is CCC(CC(=O)O)NC(=O)c1occc1NC(=O)OCC1c2ccccc2-c2ccccc21. The molecule has 2 amide bonds. The molecule has 3 aromatic rings. The maximum Gasteiger partial charge on any atom is 0.411 e. The fraction of sp³-hybridized carbons (Fsp3) is 0.240. The van der Waals surface area contributed by atoms with Crippen LogP contribution in [0.1, 0.15) is 47.4 Å². The Bertz CT molecular complexity index is 1140. The van der Waals surface area contributed by atoms with Gasteiger partial charge in [-0.2, -0.15) is 0 Å². The molecule has 0 saturated heterocycles. The summed E-state index contributed by atoms with van der Waals surface area (Å²) in [6, 6.07) is 16.9. The Morgan fingerprint density at radius 3 is 2.27 bits per heavy atom. The number of carboxylic acids is 1. The van der Waals surface area contributed by atoms with Crippen molar-refractivity contribution in [1.82, 2.24) is 5.32 Å². The van der Waals surface area contributed by atoms with Gasteiger partial charge in [0.15, 0.2) is 0 Å². The quantitative estimate of drug-likeness (QED) is 0.463. The van der Waals surface area contributed by atoms with Crippen molar-refractivity contribution in [3.8, 4) is 11.1 Å². The lowest BCUT2D eigenvalue weighted by Crippen LogP contribution is -2.36. The molecular formula is C25H24N2O6. The molecule has 170 valence electrons. The lowest BCUT2D eigenvalue weighted by molar-refractivity contribution is -0.137. The first-order valence-electron chi connectivity index (χ1n) is 10.7. The summed E-state index contributed by atoms with van der Waals surface area (Å²) in [4.78, 5) is 36.0. The molecule has 1 atom stereocenters. The first kappa shape index (κ1) is 22.1. The van der Waals surface area contributed by atoms with E-state index in [0.717, 1.165) is 22.3 Å². The third kappa shape index (κ3) is 4.74. The molecule has 2 aromatic carbocycles. The van der Waals surface area contributed by atoms with Crippen molar-refractivity contribution in [2.24, 2.45) is 0 Å². The predicted molar refractivity (Wildman–Crippen MR) is 121 cm³/mol. The summed E-state index contributed by atoms with van der Waals surface area (Å²) in [7, 11) is 0. The van der Waals surface area contributed by atoms with E-state index in [1.54, 1.807) is 6.92 Å². The first-order valence-corrected chi connectivity index (χ1v) is 10.7. The van der Waals surface area contributed by atoms with E-state index in [1.165, 1.54) is 12.3 Å². The van der Waals surface area contributed by atoms with Gasteiger partial charge < -0.3 is 19.6 Å². The Hall–Kier alpha value is -4.07. The molecule has 8 nitrogen and oxygen atoms in total. The minimum Gasteiger partial charge on any atom is -0.481 e. The van der Waals surface area contributed by atoms with Crippen LogP contribution in [0.2, 0.25) is 0 Å². The van der Waals surface area contributed by atoms with Crippen molar-refractivity contribution < 1.29 is 28.6 Å². The molecule has 0 spiro atoms. The second-order valence-corrected chi connectivity index (χ2v) is 7.79. The van der Waals surface area contributed by atoms with Gasteiger partial charge >= 0.3 is 12.1 Å². The predicted octanol–water partition coefficient (Wildman–Crippen LogP) is 4.62. The Kier molecular flexibility index (Phi) is 6.44. The highest BCUT2D eigenvalue weighted by Gasteiger charge is 2.29. The molecule has 1 aliphatic carbocycles. The Labute approximate surface area is 190 Å². The van der Waals surface area contributed by atoms with Gasteiger partial charge in [-0.05, 0) is 28.7 Å². The molecule has 1 aliphatic rings. The number of amides is 2. The van der Waals surface area contributed by atoms with Crippen molar-refractivity contribution in [3.63, 3.8) is 0 Å². The Balaban J connectivity index is 1.40. The summed E-state index contributed by atoms with van der Waals surface area (Å²) in [5, 5.41) is 14.1. The van der Waals surface area contributed by atoms with Crippen molar-refractivity contribution >= 4 is 23.7 Å². The number of nitrogens with one attached hydrogen (secondary N) is 2. The summed E-state index contributed by atoms with van der Waals surface area (Å²) in [5.41, 5.74) is 4.60. The van der Waals surface area contributed by atoms with E-state index < -0.39 is 24.0 Å². The zero-order valence-electron chi connectivity index (χ0n) is 18.0. The van der Waals surface area contributed by atoms with E-state index in [4.69, 9.17) is 14.3 Å². The molecule has 1 unspecified atom stereocenters. The Morgan fingerprint density at radius 1 is 1.03 bits per heavy atom. The molecule has 3 N–H and O–H groups in total. The zero-order chi connectivity index (χ0) is 23.4. The standard InChI is InChI=1S/C25H24N2O6/c1-2-15(13-22(28)29)26-24(30)23-21(11-12-32-23)27-25(31)33-14-20-18-9-5-3-7-16(18)17-8-4-6-10-19(17)20/h3-12,15,20H,2,13-14H2,1H3,(H,26,30)(H,27,31)(H,28,29). The third-order valence-electron chi connectivity index (χ3n) is 5.70. The fourth-order valence-electron chi connectivity index (χ4n) is 4.09. The highest BCUT2D eigenvalue weighted by molar-refractivity contribution is 6.00. The van der Waals surface area contributed by atoms with Crippen LogP contribution >= 0.6 is 0 Å². The number of carbonyl (C=O) groups is 3. The number of furan rings is 1. The van der Waals surface area contributed by atoms with E-state index in [9.17, 15) is 14.4 Å². The van der Waals surface area contributed by atoms with Crippen LogP contribution in [-0.4, -0.2) is 35.7 Å². The minimum absolute atomic E-state index is 0.0865. The summed E-state index contributed by atoms with van der Waals surface area (Å²) in [6.07, 6.45) is 0.780. The highest BCUT2D eigenvalue weighted by Crippen LogP contribution is 2.44. The number of carbonyl (C=O) groups excluding carboxylic acids is 2. The number of ether oxygens (including phenoxy) is 1. The fourth-order valence-corrected chi connectivity index (χ4v) is 4.09. The van der Waals surface area contributed by atoms with Gasteiger partial charge in [-0.1, -0.05) is 55.5 Å². The monoisotopic (exact) mass is 448 g/mol. The van der Waals surface area contributed by atoms with Crippen LogP contribution in [0.15, 0.2) is 65.3 Å². The number of hydrogen-bond donors (Lipinski definition) is 3. The second-order valence-electron chi connectivity index (χ2n) is 7.79. The smallest absolute Gasteiger partial charge is 0.411 e. The van der Waals surface area contributed by atoms with Gasteiger partial charge in [0.25, 0.3) is 5.91 Å². The molecule has 0 aliphatic heterocycles. The number of fused-ring (bicyclic) bond motifs is 3. The first-order chi connectivity index (χ1) is 16.0. The molecule has 0 bridgehead atoms. The lowest BCUT2D eigenvalue weighted by atomic mass is 9.98. The molecule has 0 saturated carbocycles. The summed E-state index contributed by atoms with van der Waals surface area (Å²) < 4.78 is 10.7. The van der Waals surface area contributed by atoms with Gasteiger partial charge in [0.2, 0.25) is 5.76 Å². The number of aliphatic carboxylic acids is 1. The summed E-state index contributed by atoms with van der Waals surface area (Å²) >= 11 is 0. The molecule has 4 rings (SSSR count). The Morgan fingerprint density at radius 2 is 1.67 bits per heavy atom. The van der Waals surface area contributed by atoms with E-state index in [2.05, 4.69) is 22.8 Å². The minimum atomic E-state index is -1.02. The van der Waals surface area contributed by atoms with Crippen LogP contribution in [0.3, 0.4) is 0 Å². The number of benzene rings is 2. The van der Waals surface area contributed by atoms with Crippen molar-refractivity contribution in [2.75, 3.05) is 11.9 Å². The highest BCUT2D eigenvalue weighted by atomic mass is 16.5. The lowest BCUT2D eigenvalue weighted by Gasteiger charge is -2.15. The van der Waals surface area contributed by atoms with Crippen molar-refractivity contribution in [2.45, 2.75) is 31.7 Å². The van der Waals surface area contributed by atoms with E-state index in [1.807, 2.05) is 36.4 Å². The van der Waals surface area contributed by atoms with Crippen molar-refractivity contribution in [1.29, 1.82) is 0 Å². The molecule has 1 aromatic heterocycles. The van der Waals surface area contributed by atoms with E-state index >= 15 is 0 Å². The van der Waals surface area contributed by atoms with Crippen LogP contribution in [0.4, 0.5) is 10.5 Å². The average Bonchev–Trinajstić information content (AvgIpc) is 3.39. The van der Waals surface area contributed by atoms with Gasteiger partial charge in [0, 0.05) is 18.0 Å². The van der Waals surface area contributed by atoms with Gasteiger partial charge in [0.05, 0.1) is 18.4 Å². The maximum atomic E-state index is 12.5. The van der Waals surface area contributed by atoms with Crippen LogP contribution < -0.4 is 10.6 Å². The normalized spacial score (nSPS) is 13.0. The molecule has 0 radical (unpaired) electrons. The van der Waals surface area contributed by atoms with Crippen molar-refractivity contribution in [3.05, 3.63) is 77.7 Å². The molecule has 8 heteroatoms. The van der Waals surface area contributed by atoms with Crippen LogP contribution in [0.25, 0.3) is 11.1 Å². The van der Waals surface area contributed by atoms with Crippen LogP contribution in [0.5, 0.6) is 0 Å². The van der Waals surface area contributed by atoms with Gasteiger partial charge in [-0.3, -0.25) is 14.9 Å². The molecule has 1 heterocycles. The third-order valence-corrected chi connectivity index (χ3v) is 5.70. The summed E-state index contributed by atoms with van der Waals surface area (Å²) in [5.74, 6) is -1.83. The number of anilines is 1. The average molecular weight is 448 g/mol. The topological polar surface area (TPSA) is 118 Å². The second kappa shape index (κ2) is 9.60. The number of hydrogen-bond acceptors (Lipinski definition) is 5. The molecule has 0 fully saturated rings. The summed E-state index contributed by atoms with van der Waals surface area (Å²) in [6.45, 7) is 1.90. The van der Waals surface area contributed by atoms with Gasteiger partial charge in [-0.25, -0.2) is 4.79 Å². The van der Waals surface area contributed by atoms with Crippen LogP contribution in [-0.2, 0) is 9.53 Å². The van der Waals surface area contributed by atoms with Crippen LogP contribution in [0, 0.1) is 0 Å². The maximum absolute atomic E-state index is 12.5. The van der Waals surface area contributed by atoms with Gasteiger partial charge in [0.1, 0.15) is 6.61 Å². The largest absolute Gasteiger partial charge is 0.481 e. The van der Waals surface area contributed by atoms with E-state index in [-0.39, 0.29) is 30.4 Å². The molecule has 33 heavy (non-hydrogen) atoms. The van der Waals surface area contributed by atoms with Gasteiger partial charge in [-0.15, -0.1) is 0 Å². The number of carboxylic acid groups (broad SMARTS) is 1. The number of rotatable bonds is 8. The molecular weight excluding hydrogens is 424 g/mol. The van der Waals surface area contributed by atoms with E-state index in [0.29, 0.717) is 6.42 Å². The zero-order valence-corrected chi connectivity index (χ0v) is 18.0.